The van der Waals surface area contributed by atoms with Crippen molar-refractivity contribution >= 4 is 11.8 Å². The molecular weight excluding hydrogens is 302 g/mol. The predicted molar refractivity (Wildman–Crippen MR) is 90.7 cm³/mol. The van der Waals surface area contributed by atoms with Crippen molar-refractivity contribution in [1.29, 1.82) is 0 Å². The van der Waals surface area contributed by atoms with Gasteiger partial charge < -0.3 is 14.8 Å². The highest BCUT2D eigenvalue weighted by Gasteiger charge is 2.51. The van der Waals surface area contributed by atoms with Gasteiger partial charge in [-0.25, -0.2) is 0 Å². The third-order valence-corrected chi connectivity index (χ3v) is 5.33. The summed E-state index contributed by atoms with van der Waals surface area (Å²) >= 11 is 0. The lowest BCUT2D eigenvalue weighted by Gasteiger charge is -2.34. The number of aromatic nitrogens is 1. The van der Waals surface area contributed by atoms with E-state index in [4.69, 9.17) is 0 Å². The van der Waals surface area contributed by atoms with Crippen LogP contribution in [0.2, 0.25) is 0 Å². The fraction of sp³-hybridized carbons (Fsp3) is 0.368. The second-order valence-electron chi connectivity index (χ2n) is 6.77. The molecule has 1 N–H and O–H groups in total. The van der Waals surface area contributed by atoms with Gasteiger partial charge in [0.15, 0.2) is 0 Å². The van der Waals surface area contributed by atoms with Gasteiger partial charge in [0, 0.05) is 26.3 Å². The first-order valence-electron chi connectivity index (χ1n) is 8.38. The van der Waals surface area contributed by atoms with Crippen LogP contribution in [0, 0.1) is 0 Å². The van der Waals surface area contributed by atoms with E-state index in [1.165, 1.54) is 0 Å². The molecule has 24 heavy (non-hydrogen) atoms. The quantitative estimate of drug-likeness (QED) is 0.933. The number of hydrogen-bond acceptors (Lipinski definition) is 2. The smallest absolute Gasteiger partial charge is 0.270 e. The van der Waals surface area contributed by atoms with Gasteiger partial charge in [0.05, 0.1) is 11.5 Å². The van der Waals surface area contributed by atoms with Gasteiger partial charge in [0.25, 0.3) is 5.91 Å². The van der Waals surface area contributed by atoms with Crippen molar-refractivity contribution in [3.8, 4) is 0 Å². The number of fused-ring (bicyclic) bond motifs is 1. The van der Waals surface area contributed by atoms with Gasteiger partial charge in [-0.3, -0.25) is 9.59 Å². The normalized spacial score (nSPS) is 21.3. The lowest BCUT2D eigenvalue weighted by molar-refractivity contribution is -0.123. The van der Waals surface area contributed by atoms with Gasteiger partial charge in [0.1, 0.15) is 5.69 Å². The number of rotatable bonds is 4. The molecule has 2 aromatic rings. The molecule has 0 radical (unpaired) electrons. The van der Waals surface area contributed by atoms with Crippen molar-refractivity contribution in [3.05, 3.63) is 59.9 Å². The molecular formula is C19H21N3O2. The van der Waals surface area contributed by atoms with Crippen molar-refractivity contribution in [2.45, 2.75) is 30.8 Å². The number of likely N-dealkylation sites (N-methyl/N-ethyl adjacent to an activating group) is 1. The summed E-state index contributed by atoms with van der Waals surface area (Å²) in [6.07, 6.45) is 3.70. The minimum Gasteiger partial charge on any atom is -0.353 e. The molecule has 5 heteroatoms. The van der Waals surface area contributed by atoms with Crippen molar-refractivity contribution < 1.29 is 9.59 Å². The third-order valence-electron chi connectivity index (χ3n) is 5.33. The largest absolute Gasteiger partial charge is 0.353 e. The predicted octanol–water partition coefficient (Wildman–Crippen LogP) is 1.79. The van der Waals surface area contributed by atoms with Crippen molar-refractivity contribution in [2.24, 2.45) is 0 Å². The maximum atomic E-state index is 12.7. The zero-order valence-corrected chi connectivity index (χ0v) is 13.7. The molecule has 5 nitrogen and oxygen atoms in total. The Morgan fingerprint density at radius 3 is 2.67 bits per heavy atom. The van der Waals surface area contributed by atoms with Crippen LogP contribution in [0.5, 0.6) is 0 Å². The first kappa shape index (κ1) is 15.0. The number of nitrogens with zero attached hydrogens (tertiary/aromatic N) is 2. The molecule has 1 aliphatic heterocycles. The van der Waals surface area contributed by atoms with Crippen LogP contribution in [0.4, 0.5) is 0 Å². The van der Waals surface area contributed by atoms with E-state index in [1.807, 2.05) is 53.2 Å². The van der Waals surface area contributed by atoms with E-state index >= 15 is 0 Å². The van der Waals surface area contributed by atoms with Crippen LogP contribution in [-0.4, -0.2) is 40.9 Å². The zero-order valence-electron chi connectivity index (χ0n) is 13.7. The third kappa shape index (κ3) is 2.31. The van der Waals surface area contributed by atoms with Crippen LogP contribution in [0.1, 0.15) is 28.9 Å². The topological polar surface area (TPSA) is 54.3 Å². The minimum absolute atomic E-state index is 0.00898. The minimum atomic E-state index is -0.364. The Kier molecular flexibility index (Phi) is 3.44. The standard InChI is InChI=1S/C19H21N3O2/c1-21-15(13-22-11-5-8-16(22)17(21)23)12-20-18(24)19(9-10-19)14-6-3-2-4-7-14/h2-8,11,15H,9-10,12-13H2,1H3,(H,20,24). The van der Waals surface area contributed by atoms with Crippen LogP contribution in [0.3, 0.4) is 0 Å². The molecule has 2 heterocycles. The van der Waals surface area contributed by atoms with Gasteiger partial charge in [-0.1, -0.05) is 30.3 Å². The van der Waals surface area contributed by atoms with E-state index in [0.717, 1.165) is 18.4 Å². The second-order valence-corrected chi connectivity index (χ2v) is 6.77. The Balaban J connectivity index is 1.44. The highest BCUT2D eigenvalue weighted by Crippen LogP contribution is 2.48. The molecule has 1 atom stereocenters. The Bertz CT molecular complexity index is 777. The van der Waals surface area contributed by atoms with Crippen molar-refractivity contribution in [1.82, 2.24) is 14.8 Å². The first-order valence-corrected chi connectivity index (χ1v) is 8.38. The van der Waals surface area contributed by atoms with E-state index in [2.05, 4.69) is 5.32 Å². The average molecular weight is 323 g/mol. The molecule has 1 aromatic carbocycles. The molecule has 4 rings (SSSR count). The molecule has 0 spiro atoms. The van der Waals surface area contributed by atoms with Gasteiger partial charge >= 0.3 is 0 Å². The van der Waals surface area contributed by atoms with Gasteiger partial charge in [-0.2, -0.15) is 0 Å². The maximum absolute atomic E-state index is 12.7. The summed E-state index contributed by atoms with van der Waals surface area (Å²) in [5, 5.41) is 3.08. The Morgan fingerprint density at radius 1 is 1.21 bits per heavy atom. The number of nitrogens with one attached hydrogen (secondary N) is 1. The maximum Gasteiger partial charge on any atom is 0.270 e. The van der Waals surface area contributed by atoms with Gasteiger partial charge in [-0.05, 0) is 30.5 Å². The van der Waals surface area contributed by atoms with Crippen LogP contribution in [0.15, 0.2) is 48.7 Å². The highest BCUT2D eigenvalue weighted by molar-refractivity contribution is 5.94. The van der Waals surface area contributed by atoms with Crippen LogP contribution < -0.4 is 5.32 Å². The molecule has 1 unspecified atom stereocenters. The summed E-state index contributed by atoms with van der Waals surface area (Å²) in [5.74, 6) is 0.0857. The fourth-order valence-electron chi connectivity index (χ4n) is 3.57. The molecule has 1 fully saturated rings. The lowest BCUT2D eigenvalue weighted by Crippen LogP contribution is -2.51. The fourth-order valence-corrected chi connectivity index (χ4v) is 3.57. The van der Waals surface area contributed by atoms with E-state index < -0.39 is 0 Å². The molecule has 1 aromatic heterocycles. The van der Waals surface area contributed by atoms with E-state index in [0.29, 0.717) is 18.8 Å². The van der Waals surface area contributed by atoms with E-state index in [-0.39, 0.29) is 23.3 Å². The van der Waals surface area contributed by atoms with E-state index in [9.17, 15) is 9.59 Å². The summed E-state index contributed by atoms with van der Waals surface area (Å²) in [6.45, 7) is 1.19. The number of carbonyl (C=O) groups is 2. The molecule has 2 amide bonds. The summed E-state index contributed by atoms with van der Waals surface area (Å²) in [5.41, 5.74) is 1.43. The second kappa shape index (κ2) is 5.51. The number of benzene rings is 1. The Morgan fingerprint density at radius 2 is 1.96 bits per heavy atom. The Labute approximate surface area is 141 Å². The number of carbonyl (C=O) groups excluding carboxylic acids is 2. The lowest BCUT2D eigenvalue weighted by atomic mass is 9.95. The van der Waals surface area contributed by atoms with E-state index in [1.54, 1.807) is 11.9 Å². The summed E-state index contributed by atoms with van der Waals surface area (Å²) < 4.78 is 1.96. The molecule has 0 bridgehead atoms. The van der Waals surface area contributed by atoms with Crippen LogP contribution in [0.25, 0.3) is 0 Å². The van der Waals surface area contributed by atoms with Gasteiger partial charge in [-0.15, -0.1) is 0 Å². The van der Waals surface area contributed by atoms with Crippen molar-refractivity contribution in [2.75, 3.05) is 13.6 Å². The van der Waals surface area contributed by atoms with Crippen LogP contribution in [-0.2, 0) is 16.8 Å². The molecule has 2 aliphatic rings. The summed E-state index contributed by atoms with van der Waals surface area (Å²) in [6, 6.07) is 13.7. The van der Waals surface area contributed by atoms with Crippen LogP contribution >= 0.6 is 0 Å². The van der Waals surface area contributed by atoms with Gasteiger partial charge in [0.2, 0.25) is 5.91 Å². The number of amides is 2. The summed E-state index contributed by atoms with van der Waals surface area (Å²) in [4.78, 5) is 26.8. The average Bonchev–Trinajstić information content (AvgIpc) is 3.29. The zero-order chi connectivity index (χ0) is 16.7. The molecule has 0 saturated heterocycles. The Hall–Kier alpha value is -2.56. The monoisotopic (exact) mass is 323 g/mol. The SMILES string of the molecule is CN1C(=O)c2cccn2CC1CNC(=O)C1(c2ccccc2)CC1. The molecule has 1 saturated carbocycles. The summed E-state index contributed by atoms with van der Waals surface area (Å²) in [7, 11) is 1.81. The molecule has 1 aliphatic carbocycles. The highest BCUT2D eigenvalue weighted by atomic mass is 16.2. The number of hydrogen-bond donors (Lipinski definition) is 1. The molecule has 124 valence electrons. The van der Waals surface area contributed by atoms with Crippen molar-refractivity contribution in [3.63, 3.8) is 0 Å². The first-order chi connectivity index (χ1) is 11.6.